The number of aliphatic hydroxyl groups is 5. The molecule has 3 aliphatic rings. The number of cyclic esters (lactones) is 1. The largest absolute Gasteiger partial charge is 0.490 e. The van der Waals surface area contributed by atoms with E-state index in [0.717, 1.165) is 5.57 Å². The van der Waals surface area contributed by atoms with E-state index >= 15 is 0 Å². The highest BCUT2D eigenvalue weighted by atomic mass is 16.7. The van der Waals surface area contributed by atoms with Crippen molar-refractivity contribution in [1.29, 1.82) is 0 Å². The lowest BCUT2D eigenvalue weighted by atomic mass is 9.77. The molecule has 2 saturated heterocycles. The summed E-state index contributed by atoms with van der Waals surface area (Å²) in [5.41, 5.74) is 1.74. The average molecular weight is 777 g/mol. The van der Waals surface area contributed by atoms with Crippen molar-refractivity contribution in [3.63, 3.8) is 0 Å². The number of carbonyl (C=O) groups is 1. The number of esters is 1. The van der Waals surface area contributed by atoms with E-state index in [1.54, 1.807) is 32.9 Å². The molecular weight excluding hydrogens is 708 g/mol. The summed E-state index contributed by atoms with van der Waals surface area (Å²) in [6, 6.07) is 0. The van der Waals surface area contributed by atoms with Gasteiger partial charge in [0.1, 0.15) is 18.3 Å². The van der Waals surface area contributed by atoms with Crippen LogP contribution in [0.15, 0.2) is 71.6 Å². The molecular formula is C43H68O12. The number of rotatable bonds is 10. The zero-order chi connectivity index (χ0) is 41.2. The molecule has 312 valence electrons. The molecule has 12 nitrogen and oxygen atoms in total. The second-order valence-electron chi connectivity index (χ2n) is 15.9. The number of carbonyl (C=O) groups excluding carboxylic acids is 1. The maximum atomic E-state index is 13.8. The number of methoxy groups -OCH3 is 2. The number of allylic oxidation sites excluding steroid dienone is 8. The molecule has 55 heavy (non-hydrogen) atoms. The molecule has 0 radical (unpaired) electrons. The van der Waals surface area contributed by atoms with Crippen LogP contribution < -0.4 is 0 Å². The molecule has 0 unspecified atom stereocenters. The van der Waals surface area contributed by atoms with Gasteiger partial charge in [-0.15, -0.1) is 0 Å². The number of hydrogen-bond donors (Lipinski definition) is 5. The predicted octanol–water partition coefficient (Wildman–Crippen LogP) is 5.05. The number of ether oxygens (including phenoxy) is 6. The Morgan fingerprint density at radius 1 is 1.04 bits per heavy atom. The van der Waals surface area contributed by atoms with Crippen LogP contribution in [0.1, 0.15) is 81.6 Å². The Morgan fingerprint density at radius 2 is 1.73 bits per heavy atom. The van der Waals surface area contributed by atoms with Gasteiger partial charge in [0.15, 0.2) is 12.1 Å². The van der Waals surface area contributed by atoms with Gasteiger partial charge in [-0.3, -0.25) is 0 Å². The Balaban J connectivity index is 2.00. The Bertz CT molecular complexity index is 1410. The van der Waals surface area contributed by atoms with E-state index in [9.17, 15) is 30.3 Å². The molecule has 0 aromatic rings. The molecule has 0 aromatic carbocycles. The quantitative estimate of drug-likeness (QED) is 0.148. The minimum absolute atomic E-state index is 0.0349. The molecule has 0 saturated carbocycles. The van der Waals surface area contributed by atoms with Crippen molar-refractivity contribution < 1.29 is 58.7 Å². The topological polar surface area (TPSA) is 174 Å². The fourth-order valence-corrected chi connectivity index (χ4v) is 7.76. The second kappa shape index (κ2) is 21.2. The van der Waals surface area contributed by atoms with Crippen molar-refractivity contribution in [2.45, 2.75) is 149 Å². The summed E-state index contributed by atoms with van der Waals surface area (Å²) in [6.07, 6.45) is 8.29. The van der Waals surface area contributed by atoms with E-state index in [4.69, 9.17) is 28.4 Å². The SMILES string of the molecule is C/C=C/C=C/[C@H]1O[C@@](O)([C@@H](C)[C@H](O)[C@H](C)[C@H]2OC(=O)/C(OC)=C/C(C)=C/[C@@H](C)[C@@H](O)[C@@H](C)C/C(C)=C/C=C/[C@@H]2OC)C[C@@H](O[C@@H]2C[C@@H](O)[C@H](O)[C@@H](C)O2)[C@@H]1C. The minimum atomic E-state index is -1.92. The van der Waals surface area contributed by atoms with Gasteiger partial charge >= 0.3 is 5.97 Å². The van der Waals surface area contributed by atoms with Crippen molar-refractivity contribution in [1.82, 2.24) is 0 Å². The lowest BCUT2D eigenvalue weighted by molar-refractivity contribution is -0.339. The highest BCUT2D eigenvalue weighted by molar-refractivity contribution is 5.87. The second-order valence-corrected chi connectivity index (χ2v) is 15.9. The fourth-order valence-electron chi connectivity index (χ4n) is 7.76. The van der Waals surface area contributed by atoms with Crippen LogP contribution in [0, 0.1) is 29.6 Å². The van der Waals surface area contributed by atoms with Crippen molar-refractivity contribution in [3.05, 3.63) is 71.6 Å². The zero-order valence-corrected chi connectivity index (χ0v) is 34.6. The van der Waals surface area contributed by atoms with Crippen LogP contribution in [-0.4, -0.2) is 113 Å². The normalized spacial score (nSPS) is 42.6. The van der Waals surface area contributed by atoms with Crippen LogP contribution in [0.5, 0.6) is 0 Å². The molecule has 16 atom stereocenters. The van der Waals surface area contributed by atoms with Gasteiger partial charge < -0.3 is 54.0 Å². The Hall–Kier alpha value is -2.65. The third-order valence-corrected chi connectivity index (χ3v) is 11.4. The Kier molecular flexibility index (Phi) is 18.0. The molecule has 0 aliphatic carbocycles. The summed E-state index contributed by atoms with van der Waals surface area (Å²) in [4.78, 5) is 13.8. The molecule has 3 aliphatic heterocycles. The van der Waals surface area contributed by atoms with Gasteiger partial charge in [0.2, 0.25) is 5.76 Å². The van der Waals surface area contributed by atoms with Crippen molar-refractivity contribution in [2.24, 2.45) is 29.6 Å². The van der Waals surface area contributed by atoms with E-state index in [1.807, 2.05) is 84.1 Å². The van der Waals surface area contributed by atoms with Gasteiger partial charge in [-0.1, -0.05) is 94.4 Å². The maximum Gasteiger partial charge on any atom is 0.373 e. The summed E-state index contributed by atoms with van der Waals surface area (Å²) in [6.45, 7) is 16.6. The van der Waals surface area contributed by atoms with Gasteiger partial charge in [-0.05, 0) is 46.1 Å². The molecule has 0 spiro atoms. The summed E-state index contributed by atoms with van der Waals surface area (Å²) in [5, 5.41) is 56.1. The summed E-state index contributed by atoms with van der Waals surface area (Å²) in [7, 11) is 2.86. The molecule has 0 aromatic heterocycles. The molecule has 3 heterocycles. The monoisotopic (exact) mass is 776 g/mol. The lowest BCUT2D eigenvalue weighted by Crippen LogP contribution is -2.59. The first-order valence-corrected chi connectivity index (χ1v) is 19.6. The minimum Gasteiger partial charge on any atom is -0.490 e. The van der Waals surface area contributed by atoms with Crippen LogP contribution in [0.25, 0.3) is 0 Å². The molecule has 12 heteroatoms. The number of aliphatic hydroxyl groups excluding tert-OH is 4. The highest BCUT2D eigenvalue weighted by Crippen LogP contribution is 2.42. The van der Waals surface area contributed by atoms with Crippen LogP contribution in [-0.2, 0) is 33.2 Å². The molecule has 0 bridgehead atoms. The van der Waals surface area contributed by atoms with Crippen LogP contribution in [0.2, 0.25) is 0 Å². The third-order valence-electron chi connectivity index (χ3n) is 11.4. The standard InChI is InChI=1S/C43H68O12/c1-12-13-14-17-33-28(6)36(53-37-22-32(44)40(47)31(9)52-37)23-43(49,55-33)30(8)39(46)29(7)41-34(50-10)18-15-16-24(2)19-26(4)38(45)27(5)20-25(3)21-35(51-11)42(48)54-41/h12-18,20-21,26-34,36-41,44-47,49H,19,22-23H2,1-11H3/b13-12+,17-14+,18-15+,24-16+,25-20+,35-21-/t26-,27+,28+,29-,30-,31+,32+,33+,34-,36+,37+,38-,39+,40+,41+,43+/m0/s1. The van der Waals surface area contributed by atoms with Crippen LogP contribution in [0.4, 0.5) is 0 Å². The summed E-state index contributed by atoms with van der Waals surface area (Å²) >= 11 is 0. The summed E-state index contributed by atoms with van der Waals surface area (Å²) in [5.74, 6) is -5.04. The molecule has 5 N–H and O–H groups in total. The van der Waals surface area contributed by atoms with Gasteiger partial charge in [0, 0.05) is 43.6 Å². The summed E-state index contributed by atoms with van der Waals surface area (Å²) < 4.78 is 36.1. The van der Waals surface area contributed by atoms with Gasteiger partial charge in [-0.2, -0.15) is 0 Å². The van der Waals surface area contributed by atoms with E-state index in [1.165, 1.54) is 14.2 Å². The maximum absolute atomic E-state index is 13.8. The van der Waals surface area contributed by atoms with Crippen molar-refractivity contribution >= 4 is 5.97 Å². The van der Waals surface area contributed by atoms with E-state index < -0.39 is 84.8 Å². The fraction of sp³-hybridized carbons (Fsp3) is 0.698. The lowest BCUT2D eigenvalue weighted by Gasteiger charge is -2.49. The van der Waals surface area contributed by atoms with Crippen LogP contribution in [0.3, 0.4) is 0 Å². The van der Waals surface area contributed by atoms with Gasteiger partial charge in [0.25, 0.3) is 0 Å². The predicted molar refractivity (Wildman–Crippen MR) is 209 cm³/mol. The Labute approximate surface area is 328 Å². The van der Waals surface area contributed by atoms with Crippen LogP contribution >= 0.6 is 0 Å². The first-order valence-electron chi connectivity index (χ1n) is 19.6. The molecule has 2 fully saturated rings. The van der Waals surface area contributed by atoms with E-state index in [-0.39, 0.29) is 36.4 Å². The molecule has 3 rings (SSSR count). The average Bonchev–Trinajstić information content (AvgIpc) is 3.13. The molecule has 0 amide bonds. The first kappa shape index (κ1) is 46.7. The van der Waals surface area contributed by atoms with E-state index in [2.05, 4.69) is 0 Å². The Morgan fingerprint density at radius 3 is 2.35 bits per heavy atom. The van der Waals surface area contributed by atoms with E-state index in [0.29, 0.717) is 12.0 Å². The highest BCUT2D eigenvalue weighted by Gasteiger charge is 2.52. The first-order chi connectivity index (χ1) is 25.9. The number of hydrogen-bond acceptors (Lipinski definition) is 12. The third kappa shape index (κ3) is 12.4. The zero-order valence-electron chi connectivity index (χ0n) is 34.6. The van der Waals surface area contributed by atoms with Crippen molar-refractivity contribution in [3.8, 4) is 0 Å². The van der Waals surface area contributed by atoms with Gasteiger partial charge in [0.05, 0.1) is 43.7 Å². The van der Waals surface area contributed by atoms with Gasteiger partial charge in [-0.25, -0.2) is 4.79 Å². The van der Waals surface area contributed by atoms with Crippen molar-refractivity contribution in [2.75, 3.05) is 14.2 Å². The smallest absolute Gasteiger partial charge is 0.373 e.